The number of hydrogen-bond donors (Lipinski definition) is 1. The van der Waals surface area contributed by atoms with Gasteiger partial charge >= 0.3 is 0 Å². The number of halogens is 1. The third kappa shape index (κ3) is 2.36. The summed E-state index contributed by atoms with van der Waals surface area (Å²) in [7, 11) is 1.88. The molecule has 0 saturated carbocycles. The number of hydrogen-bond acceptors (Lipinski definition) is 3. The summed E-state index contributed by atoms with van der Waals surface area (Å²) in [5.74, 6) is 0.800. The van der Waals surface area contributed by atoms with Crippen molar-refractivity contribution >= 4 is 27.4 Å². The molecule has 2 aromatic rings. The number of rotatable bonds is 2. The van der Waals surface area contributed by atoms with Crippen molar-refractivity contribution in [2.45, 2.75) is 6.92 Å². The van der Waals surface area contributed by atoms with Crippen molar-refractivity contribution in [1.82, 2.24) is 14.8 Å². The molecule has 0 fully saturated rings. The molecule has 0 radical (unpaired) electrons. The van der Waals surface area contributed by atoms with E-state index < -0.39 is 0 Å². The lowest BCUT2D eigenvalue weighted by atomic mass is 10.3. The van der Waals surface area contributed by atoms with E-state index in [1.54, 1.807) is 10.9 Å². The van der Waals surface area contributed by atoms with Gasteiger partial charge in [-0.25, -0.2) is 4.98 Å². The minimum absolute atomic E-state index is 0.800. The van der Waals surface area contributed by atoms with Crippen molar-refractivity contribution in [3.63, 3.8) is 0 Å². The summed E-state index contributed by atoms with van der Waals surface area (Å²) in [4.78, 5) is 4.29. The number of aromatic nitrogens is 3. The van der Waals surface area contributed by atoms with Gasteiger partial charge in [0.2, 0.25) is 0 Å². The summed E-state index contributed by atoms with van der Waals surface area (Å²) in [5.41, 5.74) is 2.05. The highest BCUT2D eigenvalue weighted by Gasteiger charge is 2.03. The van der Waals surface area contributed by atoms with Gasteiger partial charge in [-0.15, -0.1) is 0 Å². The highest BCUT2D eigenvalue weighted by atomic mass is 79.9. The third-order valence-electron chi connectivity index (χ3n) is 1.95. The van der Waals surface area contributed by atoms with E-state index in [0.717, 1.165) is 21.5 Å². The summed E-state index contributed by atoms with van der Waals surface area (Å²) in [5, 5.41) is 7.25. The number of pyridine rings is 1. The van der Waals surface area contributed by atoms with Gasteiger partial charge < -0.3 is 5.32 Å². The minimum Gasteiger partial charge on any atom is -0.337 e. The molecule has 2 heterocycles. The lowest BCUT2D eigenvalue weighted by molar-refractivity contribution is 0.768. The second-order valence-corrected chi connectivity index (χ2v) is 4.23. The second kappa shape index (κ2) is 4.02. The Morgan fingerprint density at radius 1 is 1.40 bits per heavy atom. The second-order valence-electron chi connectivity index (χ2n) is 3.37. The number of nitrogens with one attached hydrogen (secondary N) is 1. The quantitative estimate of drug-likeness (QED) is 0.909. The molecule has 0 aromatic carbocycles. The summed E-state index contributed by atoms with van der Waals surface area (Å²) >= 11 is 3.46. The fraction of sp³-hybridized carbons (Fsp3) is 0.200. The lowest BCUT2D eigenvalue weighted by Gasteiger charge is -2.05. The molecule has 1 N–H and O–H groups in total. The molecule has 0 spiro atoms. The topological polar surface area (TPSA) is 42.7 Å². The Hall–Kier alpha value is -1.36. The van der Waals surface area contributed by atoms with Crippen LogP contribution in [0.2, 0.25) is 0 Å². The van der Waals surface area contributed by atoms with E-state index >= 15 is 0 Å². The molecule has 0 aliphatic carbocycles. The van der Waals surface area contributed by atoms with Gasteiger partial charge in [0.05, 0.1) is 16.4 Å². The Morgan fingerprint density at radius 2 is 2.20 bits per heavy atom. The molecular weight excluding hydrogens is 256 g/mol. The maximum Gasteiger partial charge on any atom is 0.144 e. The standard InChI is InChI=1S/C10H11BrN4/c1-7-3-9(11)10(12-4-7)14-8-5-13-15(2)6-8/h3-6H,1-2H3,(H,12,14). The van der Waals surface area contributed by atoms with Gasteiger partial charge in [0, 0.05) is 19.4 Å². The van der Waals surface area contributed by atoms with E-state index in [0.29, 0.717) is 0 Å². The summed E-state index contributed by atoms with van der Waals surface area (Å²) in [6.07, 6.45) is 5.48. The molecule has 15 heavy (non-hydrogen) atoms. The molecule has 5 heteroatoms. The molecular formula is C10H11BrN4. The monoisotopic (exact) mass is 266 g/mol. The molecule has 0 aliphatic heterocycles. The van der Waals surface area contributed by atoms with Gasteiger partial charge in [0.15, 0.2) is 0 Å². The molecule has 2 aromatic heterocycles. The molecule has 4 nitrogen and oxygen atoms in total. The average Bonchev–Trinajstić information content (AvgIpc) is 2.56. The maximum absolute atomic E-state index is 4.29. The van der Waals surface area contributed by atoms with Crippen LogP contribution in [0.4, 0.5) is 11.5 Å². The minimum atomic E-state index is 0.800. The van der Waals surface area contributed by atoms with Crippen LogP contribution in [0, 0.1) is 6.92 Å². The van der Waals surface area contributed by atoms with E-state index in [2.05, 4.69) is 31.3 Å². The van der Waals surface area contributed by atoms with Gasteiger partial charge in [0.1, 0.15) is 5.82 Å². The van der Waals surface area contributed by atoms with Crippen molar-refractivity contribution in [1.29, 1.82) is 0 Å². The Balaban J connectivity index is 2.24. The molecule has 0 amide bonds. The predicted octanol–water partition coefficient (Wildman–Crippen LogP) is 2.63. The highest BCUT2D eigenvalue weighted by molar-refractivity contribution is 9.10. The van der Waals surface area contributed by atoms with E-state index in [1.807, 2.05) is 32.4 Å². The van der Waals surface area contributed by atoms with Crippen molar-refractivity contribution in [3.8, 4) is 0 Å². The van der Waals surface area contributed by atoms with E-state index in [9.17, 15) is 0 Å². The predicted molar refractivity (Wildman–Crippen MR) is 63.2 cm³/mol. The Bertz CT molecular complexity index is 478. The van der Waals surface area contributed by atoms with Crippen molar-refractivity contribution in [2.24, 2.45) is 7.05 Å². The first-order valence-electron chi connectivity index (χ1n) is 4.53. The zero-order valence-corrected chi connectivity index (χ0v) is 10.1. The van der Waals surface area contributed by atoms with Crippen LogP contribution < -0.4 is 5.32 Å². The van der Waals surface area contributed by atoms with Gasteiger partial charge in [-0.1, -0.05) is 0 Å². The molecule has 0 aliphatic rings. The molecule has 0 saturated heterocycles. The maximum atomic E-state index is 4.29. The molecule has 78 valence electrons. The van der Waals surface area contributed by atoms with Crippen molar-refractivity contribution < 1.29 is 0 Å². The molecule has 0 bridgehead atoms. The zero-order chi connectivity index (χ0) is 10.8. The lowest BCUT2D eigenvalue weighted by Crippen LogP contribution is -1.94. The SMILES string of the molecule is Cc1cnc(Nc2cnn(C)c2)c(Br)c1. The van der Waals surface area contributed by atoms with Gasteiger partial charge in [-0.05, 0) is 34.5 Å². The normalized spacial score (nSPS) is 10.3. The largest absolute Gasteiger partial charge is 0.337 e. The Morgan fingerprint density at radius 3 is 2.80 bits per heavy atom. The van der Waals surface area contributed by atoms with Crippen molar-refractivity contribution in [2.75, 3.05) is 5.32 Å². The third-order valence-corrected chi connectivity index (χ3v) is 2.55. The van der Waals surface area contributed by atoms with Crippen LogP contribution in [0.1, 0.15) is 5.56 Å². The van der Waals surface area contributed by atoms with Crippen LogP contribution in [0.5, 0.6) is 0 Å². The van der Waals surface area contributed by atoms with Crippen molar-refractivity contribution in [3.05, 3.63) is 34.7 Å². The summed E-state index contributed by atoms with van der Waals surface area (Å²) in [6, 6.07) is 2.02. The summed E-state index contributed by atoms with van der Waals surface area (Å²) < 4.78 is 2.69. The van der Waals surface area contributed by atoms with E-state index in [-0.39, 0.29) is 0 Å². The number of aryl methyl sites for hydroxylation is 2. The van der Waals surface area contributed by atoms with Crippen LogP contribution in [0.15, 0.2) is 29.1 Å². The fourth-order valence-corrected chi connectivity index (χ4v) is 1.81. The van der Waals surface area contributed by atoms with E-state index in [4.69, 9.17) is 0 Å². The first-order chi connectivity index (χ1) is 7.15. The first kappa shape index (κ1) is 10.2. The Labute approximate surface area is 96.5 Å². The van der Waals surface area contributed by atoms with E-state index in [1.165, 1.54) is 0 Å². The fourth-order valence-electron chi connectivity index (χ4n) is 1.25. The molecule has 0 unspecified atom stereocenters. The molecule has 0 atom stereocenters. The van der Waals surface area contributed by atoms with Crippen LogP contribution in [-0.4, -0.2) is 14.8 Å². The highest BCUT2D eigenvalue weighted by Crippen LogP contribution is 2.23. The van der Waals surface area contributed by atoms with Crippen LogP contribution in [0.3, 0.4) is 0 Å². The number of nitrogens with zero attached hydrogens (tertiary/aromatic N) is 3. The van der Waals surface area contributed by atoms with Crippen LogP contribution in [0.25, 0.3) is 0 Å². The average molecular weight is 267 g/mol. The molecule has 2 rings (SSSR count). The summed E-state index contributed by atoms with van der Waals surface area (Å²) in [6.45, 7) is 2.01. The van der Waals surface area contributed by atoms with Gasteiger partial charge in [-0.2, -0.15) is 5.10 Å². The smallest absolute Gasteiger partial charge is 0.144 e. The number of anilines is 2. The van der Waals surface area contributed by atoms with Crippen LogP contribution in [-0.2, 0) is 7.05 Å². The Kier molecular flexibility index (Phi) is 2.73. The van der Waals surface area contributed by atoms with Crippen LogP contribution >= 0.6 is 15.9 Å². The first-order valence-corrected chi connectivity index (χ1v) is 5.32. The van der Waals surface area contributed by atoms with Gasteiger partial charge in [0.25, 0.3) is 0 Å². The van der Waals surface area contributed by atoms with Gasteiger partial charge in [-0.3, -0.25) is 4.68 Å². The zero-order valence-electron chi connectivity index (χ0n) is 8.53.